The van der Waals surface area contributed by atoms with Crippen molar-refractivity contribution in [2.75, 3.05) is 0 Å². The predicted molar refractivity (Wildman–Crippen MR) is 65.7 cm³/mol. The van der Waals surface area contributed by atoms with E-state index in [0.717, 1.165) is 12.6 Å². The van der Waals surface area contributed by atoms with Crippen molar-refractivity contribution in [3.63, 3.8) is 0 Å². The second-order valence-corrected chi connectivity index (χ2v) is 5.56. The smallest absolute Gasteiger partial charge is 0.0327 e. The fraction of sp³-hybridized carbons (Fsp3) is 0.636. The Morgan fingerprint density at radius 2 is 2.07 bits per heavy atom. The van der Waals surface area contributed by atoms with Crippen molar-refractivity contribution in [3.05, 3.63) is 20.8 Å². The number of nitrogens with one attached hydrogen (secondary N) is 1. The molecule has 1 aliphatic carbocycles. The van der Waals surface area contributed by atoms with Gasteiger partial charge in [0.2, 0.25) is 0 Å². The predicted octanol–water partition coefficient (Wildman–Crippen LogP) is 3.93. The van der Waals surface area contributed by atoms with E-state index >= 15 is 0 Å². The van der Waals surface area contributed by atoms with Gasteiger partial charge >= 0.3 is 0 Å². The van der Waals surface area contributed by atoms with Crippen molar-refractivity contribution in [2.24, 2.45) is 0 Å². The Labute approximate surface area is 98.0 Å². The Balaban J connectivity index is 1.79. The molecule has 0 saturated heterocycles. The lowest BCUT2D eigenvalue weighted by Gasteiger charge is -2.22. The molecule has 0 unspecified atom stereocenters. The lowest BCUT2D eigenvalue weighted by molar-refractivity contribution is 0.372. The van der Waals surface area contributed by atoms with Gasteiger partial charge in [-0.05, 0) is 39.7 Å². The van der Waals surface area contributed by atoms with Crippen LogP contribution in [0.2, 0.25) is 0 Å². The summed E-state index contributed by atoms with van der Waals surface area (Å²) in [7, 11) is 0. The van der Waals surface area contributed by atoms with Crippen LogP contribution in [0, 0.1) is 0 Å². The largest absolute Gasteiger partial charge is 0.310 e. The van der Waals surface area contributed by atoms with Crippen molar-refractivity contribution >= 4 is 27.3 Å². The molecule has 1 aromatic heterocycles. The number of halogens is 1. The van der Waals surface area contributed by atoms with E-state index in [1.165, 1.54) is 42.1 Å². The van der Waals surface area contributed by atoms with Crippen molar-refractivity contribution in [2.45, 2.75) is 44.7 Å². The van der Waals surface area contributed by atoms with Crippen molar-refractivity contribution in [1.29, 1.82) is 0 Å². The van der Waals surface area contributed by atoms with Gasteiger partial charge in [0.25, 0.3) is 0 Å². The molecular weight excluding hydrogens is 258 g/mol. The van der Waals surface area contributed by atoms with E-state index < -0.39 is 0 Å². The maximum Gasteiger partial charge on any atom is 0.0327 e. The summed E-state index contributed by atoms with van der Waals surface area (Å²) < 4.78 is 1.26. The zero-order chi connectivity index (χ0) is 9.80. The van der Waals surface area contributed by atoms with Crippen molar-refractivity contribution in [1.82, 2.24) is 5.32 Å². The summed E-state index contributed by atoms with van der Waals surface area (Å²) in [4.78, 5) is 0. The van der Waals surface area contributed by atoms with Gasteiger partial charge in [-0.15, -0.1) is 0 Å². The second-order valence-electron chi connectivity index (χ2n) is 3.96. The number of rotatable bonds is 3. The van der Waals surface area contributed by atoms with Crippen LogP contribution in [0.1, 0.15) is 37.7 Å². The summed E-state index contributed by atoms with van der Waals surface area (Å²) in [5.41, 5.74) is 1.40. The van der Waals surface area contributed by atoms with Crippen LogP contribution in [0.3, 0.4) is 0 Å². The summed E-state index contributed by atoms with van der Waals surface area (Å²) >= 11 is 5.33. The van der Waals surface area contributed by atoms with E-state index in [0.29, 0.717) is 0 Å². The van der Waals surface area contributed by atoms with Crippen molar-refractivity contribution in [3.8, 4) is 0 Å². The zero-order valence-corrected chi connectivity index (χ0v) is 10.7. The van der Waals surface area contributed by atoms with Gasteiger partial charge in [-0.25, -0.2) is 0 Å². The molecule has 1 aromatic rings. The van der Waals surface area contributed by atoms with Gasteiger partial charge in [-0.1, -0.05) is 19.3 Å². The van der Waals surface area contributed by atoms with E-state index in [9.17, 15) is 0 Å². The van der Waals surface area contributed by atoms with Crippen LogP contribution in [0.25, 0.3) is 0 Å². The Bertz CT molecular complexity index is 279. The van der Waals surface area contributed by atoms with E-state index in [1.54, 1.807) is 11.3 Å². The quantitative estimate of drug-likeness (QED) is 0.880. The molecule has 1 aliphatic rings. The second kappa shape index (κ2) is 5.29. The van der Waals surface area contributed by atoms with Crippen LogP contribution in [0.4, 0.5) is 0 Å². The Kier molecular flexibility index (Phi) is 4.02. The van der Waals surface area contributed by atoms with E-state index in [2.05, 4.69) is 32.0 Å². The highest BCUT2D eigenvalue weighted by molar-refractivity contribution is 9.10. The van der Waals surface area contributed by atoms with Gasteiger partial charge in [0.15, 0.2) is 0 Å². The molecule has 1 heterocycles. The lowest BCUT2D eigenvalue weighted by atomic mass is 9.95. The molecule has 3 heteroatoms. The normalized spacial score (nSPS) is 18.6. The van der Waals surface area contributed by atoms with Gasteiger partial charge in [0, 0.05) is 22.4 Å². The molecule has 0 amide bonds. The molecule has 1 saturated carbocycles. The minimum Gasteiger partial charge on any atom is -0.310 e. The fourth-order valence-corrected chi connectivity index (χ4v) is 3.44. The van der Waals surface area contributed by atoms with Gasteiger partial charge in [0.05, 0.1) is 0 Å². The number of thiophene rings is 1. The molecule has 1 fully saturated rings. The third-order valence-corrected chi connectivity index (χ3v) is 4.71. The average Bonchev–Trinajstić information content (AvgIpc) is 2.63. The van der Waals surface area contributed by atoms with E-state index in [1.807, 2.05) is 0 Å². The molecule has 0 spiro atoms. The van der Waals surface area contributed by atoms with E-state index in [4.69, 9.17) is 0 Å². The summed E-state index contributed by atoms with van der Waals surface area (Å²) in [6, 6.07) is 0.760. The van der Waals surface area contributed by atoms with Crippen LogP contribution in [0.5, 0.6) is 0 Å². The first-order valence-electron chi connectivity index (χ1n) is 5.30. The van der Waals surface area contributed by atoms with Crippen LogP contribution in [0.15, 0.2) is 15.2 Å². The fourth-order valence-electron chi connectivity index (χ4n) is 1.99. The maximum absolute atomic E-state index is 3.64. The Hall–Kier alpha value is 0.140. The molecule has 14 heavy (non-hydrogen) atoms. The highest BCUT2D eigenvalue weighted by Gasteiger charge is 2.12. The minimum absolute atomic E-state index is 0.760. The Morgan fingerprint density at radius 3 is 2.71 bits per heavy atom. The average molecular weight is 274 g/mol. The summed E-state index contributed by atoms with van der Waals surface area (Å²) in [6.07, 6.45) is 6.97. The molecule has 0 aromatic carbocycles. The Morgan fingerprint density at radius 1 is 1.29 bits per heavy atom. The molecule has 0 atom stereocenters. The van der Waals surface area contributed by atoms with Gasteiger partial charge in [-0.3, -0.25) is 0 Å². The number of hydrogen-bond donors (Lipinski definition) is 1. The zero-order valence-electron chi connectivity index (χ0n) is 8.26. The first-order valence-corrected chi connectivity index (χ1v) is 7.04. The highest BCUT2D eigenvalue weighted by Crippen LogP contribution is 2.22. The summed E-state index contributed by atoms with van der Waals surface area (Å²) in [5, 5.41) is 8.01. The summed E-state index contributed by atoms with van der Waals surface area (Å²) in [6.45, 7) is 1.02. The summed E-state index contributed by atoms with van der Waals surface area (Å²) in [5.74, 6) is 0. The van der Waals surface area contributed by atoms with Crippen LogP contribution in [-0.2, 0) is 6.54 Å². The standard InChI is InChI=1S/C11H16BrNS/c12-11-8-14-7-9(11)6-13-10-4-2-1-3-5-10/h7-8,10,13H,1-6H2. The van der Waals surface area contributed by atoms with Crippen LogP contribution in [-0.4, -0.2) is 6.04 Å². The molecule has 0 bridgehead atoms. The minimum atomic E-state index is 0.760. The first-order chi connectivity index (χ1) is 6.86. The van der Waals surface area contributed by atoms with Crippen molar-refractivity contribution < 1.29 is 0 Å². The van der Waals surface area contributed by atoms with Gasteiger partial charge in [0.1, 0.15) is 0 Å². The van der Waals surface area contributed by atoms with Gasteiger partial charge in [-0.2, -0.15) is 11.3 Å². The molecule has 78 valence electrons. The highest BCUT2D eigenvalue weighted by atomic mass is 79.9. The molecule has 1 nitrogen and oxygen atoms in total. The lowest BCUT2D eigenvalue weighted by Crippen LogP contribution is -2.30. The monoisotopic (exact) mass is 273 g/mol. The SMILES string of the molecule is Brc1cscc1CNC1CCCCC1. The first kappa shape index (κ1) is 10.7. The third kappa shape index (κ3) is 2.81. The third-order valence-electron chi connectivity index (χ3n) is 2.87. The maximum atomic E-state index is 3.64. The van der Waals surface area contributed by atoms with Crippen LogP contribution >= 0.6 is 27.3 Å². The molecule has 0 radical (unpaired) electrons. The van der Waals surface area contributed by atoms with E-state index in [-0.39, 0.29) is 0 Å². The molecule has 1 N–H and O–H groups in total. The van der Waals surface area contributed by atoms with Crippen LogP contribution < -0.4 is 5.32 Å². The molecule has 2 rings (SSSR count). The topological polar surface area (TPSA) is 12.0 Å². The van der Waals surface area contributed by atoms with Gasteiger partial charge < -0.3 is 5.32 Å². The number of hydrogen-bond acceptors (Lipinski definition) is 2. The molecule has 0 aliphatic heterocycles. The molecular formula is C11H16BrNS.